The van der Waals surface area contributed by atoms with Crippen LogP contribution in [0.5, 0.6) is 0 Å². The first-order chi connectivity index (χ1) is 7.68. The number of rotatable bonds is 4. The lowest BCUT2D eigenvalue weighted by molar-refractivity contribution is 0.390. The van der Waals surface area contributed by atoms with Crippen molar-refractivity contribution in [2.24, 2.45) is 0 Å². The van der Waals surface area contributed by atoms with Crippen molar-refractivity contribution in [3.05, 3.63) is 33.6 Å². The summed E-state index contributed by atoms with van der Waals surface area (Å²) in [4.78, 5) is 5.28. The average molecular weight is 237 g/mol. The second-order valence-corrected chi connectivity index (χ2v) is 4.78. The van der Waals surface area contributed by atoms with Crippen molar-refractivity contribution in [3.8, 4) is 0 Å². The molecular formula is C11H15N3OS. The van der Waals surface area contributed by atoms with E-state index < -0.39 is 0 Å². The van der Waals surface area contributed by atoms with Crippen molar-refractivity contribution in [2.75, 3.05) is 0 Å². The van der Waals surface area contributed by atoms with Crippen molar-refractivity contribution >= 4 is 11.3 Å². The van der Waals surface area contributed by atoms with Crippen LogP contribution < -0.4 is 5.32 Å². The van der Waals surface area contributed by atoms with E-state index in [9.17, 15) is 0 Å². The lowest BCUT2D eigenvalue weighted by Gasteiger charge is -2.12. The Bertz CT molecular complexity index is 430. The molecule has 1 atom stereocenters. The Hall–Kier alpha value is -1.20. The summed E-state index contributed by atoms with van der Waals surface area (Å²) in [5, 5.41) is 7.40. The number of aromatic nitrogens is 2. The summed E-state index contributed by atoms with van der Waals surface area (Å²) in [6.07, 6.45) is 1.89. The molecule has 0 aromatic carbocycles. The largest absolute Gasteiger partial charge is 0.361 e. The standard InChI is InChI=1S/C11H15N3OS/c1-7(11-8(2)14-15-9(11)3)13-5-10-4-12-6-16-10/h4,6-7,13H,5H2,1-3H3. The van der Waals surface area contributed by atoms with E-state index >= 15 is 0 Å². The summed E-state index contributed by atoms with van der Waals surface area (Å²) in [6, 6.07) is 0.244. The molecule has 0 aliphatic carbocycles. The van der Waals surface area contributed by atoms with Gasteiger partial charge in [-0.2, -0.15) is 0 Å². The van der Waals surface area contributed by atoms with Crippen LogP contribution in [0.2, 0.25) is 0 Å². The minimum absolute atomic E-state index is 0.244. The molecule has 0 saturated carbocycles. The highest BCUT2D eigenvalue weighted by atomic mass is 32.1. The summed E-state index contributed by atoms with van der Waals surface area (Å²) in [6.45, 7) is 6.86. The van der Waals surface area contributed by atoms with Crippen LogP contribution in [0.3, 0.4) is 0 Å². The van der Waals surface area contributed by atoms with Gasteiger partial charge in [0, 0.05) is 29.2 Å². The maximum absolute atomic E-state index is 5.15. The van der Waals surface area contributed by atoms with Gasteiger partial charge in [0.25, 0.3) is 0 Å². The molecule has 1 unspecified atom stereocenters. The number of hydrogen-bond donors (Lipinski definition) is 1. The molecule has 0 fully saturated rings. The lowest BCUT2D eigenvalue weighted by atomic mass is 10.1. The molecule has 0 aliphatic heterocycles. The van der Waals surface area contributed by atoms with E-state index in [2.05, 4.69) is 22.4 Å². The topological polar surface area (TPSA) is 51.0 Å². The number of aryl methyl sites for hydroxylation is 2. The Balaban J connectivity index is 2.01. The van der Waals surface area contributed by atoms with Gasteiger partial charge >= 0.3 is 0 Å². The van der Waals surface area contributed by atoms with Gasteiger partial charge in [0.1, 0.15) is 5.76 Å². The van der Waals surface area contributed by atoms with E-state index in [0.29, 0.717) is 0 Å². The van der Waals surface area contributed by atoms with Gasteiger partial charge in [0.2, 0.25) is 0 Å². The van der Waals surface area contributed by atoms with E-state index in [1.54, 1.807) is 11.3 Å². The number of hydrogen-bond acceptors (Lipinski definition) is 5. The molecule has 0 bridgehead atoms. The molecule has 0 radical (unpaired) electrons. The fourth-order valence-electron chi connectivity index (χ4n) is 1.79. The predicted octanol–water partition coefficient (Wildman–Crippen LogP) is 2.60. The predicted molar refractivity (Wildman–Crippen MR) is 63.3 cm³/mol. The van der Waals surface area contributed by atoms with Crippen molar-refractivity contribution in [1.82, 2.24) is 15.5 Å². The first kappa shape index (κ1) is 11.3. The summed E-state index contributed by atoms with van der Waals surface area (Å²) in [5.74, 6) is 0.891. The third kappa shape index (κ3) is 2.31. The molecule has 0 saturated heterocycles. The molecule has 86 valence electrons. The van der Waals surface area contributed by atoms with Crippen molar-refractivity contribution in [3.63, 3.8) is 0 Å². The molecular weight excluding hydrogens is 222 g/mol. The van der Waals surface area contributed by atoms with Gasteiger partial charge < -0.3 is 9.84 Å². The van der Waals surface area contributed by atoms with Crippen molar-refractivity contribution < 1.29 is 4.52 Å². The summed E-state index contributed by atoms with van der Waals surface area (Å²) >= 11 is 1.66. The zero-order valence-electron chi connectivity index (χ0n) is 9.65. The van der Waals surface area contributed by atoms with E-state index in [0.717, 1.165) is 23.6 Å². The van der Waals surface area contributed by atoms with Crippen LogP contribution in [0.15, 0.2) is 16.2 Å². The van der Waals surface area contributed by atoms with Crippen LogP contribution in [-0.4, -0.2) is 10.1 Å². The fourth-order valence-corrected chi connectivity index (χ4v) is 2.34. The second-order valence-electron chi connectivity index (χ2n) is 3.81. The molecule has 0 aliphatic rings. The molecule has 0 spiro atoms. The SMILES string of the molecule is Cc1noc(C)c1C(C)NCc1cncs1. The number of thiazole rings is 1. The van der Waals surface area contributed by atoms with Crippen LogP contribution in [0, 0.1) is 13.8 Å². The zero-order valence-corrected chi connectivity index (χ0v) is 10.5. The minimum Gasteiger partial charge on any atom is -0.361 e. The smallest absolute Gasteiger partial charge is 0.138 e. The number of nitrogens with zero attached hydrogens (tertiary/aromatic N) is 2. The Morgan fingerprint density at radius 2 is 2.31 bits per heavy atom. The summed E-state index contributed by atoms with van der Waals surface area (Å²) < 4.78 is 5.15. The van der Waals surface area contributed by atoms with Gasteiger partial charge in [-0.15, -0.1) is 11.3 Å². The highest BCUT2D eigenvalue weighted by Gasteiger charge is 2.15. The van der Waals surface area contributed by atoms with Gasteiger partial charge in [-0.1, -0.05) is 5.16 Å². The first-order valence-corrected chi connectivity index (χ1v) is 6.10. The average Bonchev–Trinajstić information content (AvgIpc) is 2.86. The highest BCUT2D eigenvalue weighted by Crippen LogP contribution is 2.21. The van der Waals surface area contributed by atoms with Gasteiger partial charge in [0.05, 0.1) is 11.2 Å². The minimum atomic E-state index is 0.244. The zero-order chi connectivity index (χ0) is 11.5. The molecule has 4 nitrogen and oxygen atoms in total. The van der Waals surface area contributed by atoms with Gasteiger partial charge in [0.15, 0.2) is 0 Å². The van der Waals surface area contributed by atoms with Crippen molar-refractivity contribution in [1.29, 1.82) is 0 Å². The third-order valence-corrected chi connectivity index (χ3v) is 3.37. The van der Waals surface area contributed by atoms with Gasteiger partial charge in [-0.3, -0.25) is 4.98 Å². The molecule has 1 N–H and O–H groups in total. The maximum Gasteiger partial charge on any atom is 0.138 e. The maximum atomic E-state index is 5.15. The van der Waals surface area contributed by atoms with Crippen LogP contribution in [0.1, 0.15) is 34.9 Å². The second kappa shape index (κ2) is 4.76. The highest BCUT2D eigenvalue weighted by molar-refractivity contribution is 7.09. The van der Waals surface area contributed by atoms with Crippen LogP contribution in [0.4, 0.5) is 0 Å². The van der Waals surface area contributed by atoms with E-state index in [1.165, 1.54) is 4.88 Å². The monoisotopic (exact) mass is 237 g/mol. The van der Waals surface area contributed by atoms with Gasteiger partial charge in [-0.25, -0.2) is 0 Å². The van der Waals surface area contributed by atoms with Crippen LogP contribution in [-0.2, 0) is 6.54 Å². The van der Waals surface area contributed by atoms with Crippen molar-refractivity contribution in [2.45, 2.75) is 33.4 Å². The first-order valence-electron chi connectivity index (χ1n) is 5.22. The summed E-state index contributed by atoms with van der Waals surface area (Å²) in [5.41, 5.74) is 3.96. The Kier molecular flexibility index (Phi) is 3.36. The quantitative estimate of drug-likeness (QED) is 0.888. The summed E-state index contributed by atoms with van der Waals surface area (Å²) in [7, 11) is 0. The molecule has 2 aromatic rings. The normalized spacial score (nSPS) is 12.9. The Morgan fingerprint density at radius 3 is 2.88 bits per heavy atom. The van der Waals surface area contributed by atoms with Crippen LogP contribution >= 0.6 is 11.3 Å². The molecule has 2 rings (SSSR count). The Morgan fingerprint density at radius 1 is 1.50 bits per heavy atom. The molecule has 16 heavy (non-hydrogen) atoms. The molecule has 5 heteroatoms. The number of nitrogens with one attached hydrogen (secondary N) is 1. The van der Waals surface area contributed by atoms with Crippen LogP contribution in [0.25, 0.3) is 0 Å². The fraction of sp³-hybridized carbons (Fsp3) is 0.455. The van der Waals surface area contributed by atoms with E-state index in [4.69, 9.17) is 4.52 Å². The molecule has 0 amide bonds. The van der Waals surface area contributed by atoms with E-state index in [1.807, 2.05) is 25.6 Å². The Labute approximate surface area is 98.7 Å². The van der Waals surface area contributed by atoms with Gasteiger partial charge in [-0.05, 0) is 20.8 Å². The third-order valence-electron chi connectivity index (χ3n) is 2.59. The lowest BCUT2D eigenvalue weighted by Crippen LogP contribution is -2.18. The molecule has 2 aromatic heterocycles. The molecule has 2 heterocycles. The van der Waals surface area contributed by atoms with E-state index in [-0.39, 0.29) is 6.04 Å².